The van der Waals surface area contributed by atoms with Crippen LogP contribution >= 0.6 is 0 Å². The average molecular weight is 303 g/mol. The highest BCUT2D eigenvalue weighted by atomic mass is 16.5. The summed E-state index contributed by atoms with van der Waals surface area (Å²) in [6.45, 7) is 6.18. The van der Waals surface area contributed by atoms with Crippen LogP contribution in [0.1, 0.15) is 11.1 Å². The molecule has 1 aromatic heterocycles. The zero-order valence-corrected chi connectivity index (χ0v) is 13.8. The van der Waals surface area contributed by atoms with Gasteiger partial charge in [-0.05, 0) is 24.6 Å². The quantitative estimate of drug-likeness (QED) is 0.845. The van der Waals surface area contributed by atoms with Gasteiger partial charge in [-0.1, -0.05) is 5.24 Å². The van der Waals surface area contributed by atoms with Gasteiger partial charge in [0.05, 0.1) is 30.6 Å². The highest BCUT2D eigenvalue weighted by Crippen LogP contribution is 2.31. The number of aromatic nitrogens is 1. The Hall–Kier alpha value is -1.33. The summed E-state index contributed by atoms with van der Waals surface area (Å²) in [6.07, 6.45) is 1.98. The van der Waals surface area contributed by atoms with Gasteiger partial charge in [-0.3, -0.25) is 4.90 Å². The first-order chi connectivity index (χ1) is 10.9. The van der Waals surface area contributed by atoms with Crippen LogP contribution in [-0.2, 0) is 6.54 Å². The molecule has 0 bridgehead atoms. The molecule has 1 aliphatic rings. The van der Waals surface area contributed by atoms with Crippen molar-refractivity contribution in [2.24, 2.45) is 0 Å². The second-order valence-corrected chi connectivity index (χ2v) is 6.29. The lowest BCUT2D eigenvalue weighted by Gasteiger charge is -2.43. The number of rotatable bonds is 4. The van der Waals surface area contributed by atoms with Gasteiger partial charge in [-0.15, -0.1) is 0 Å². The van der Waals surface area contributed by atoms with Crippen molar-refractivity contribution >= 4 is 34.4 Å². The fraction of sp³-hybridized carbons (Fsp3) is 0.500. The number of aromatic amines is 1. The number of hydrogen-bond donors (Lipinski definition) is 1. The number of nitrogens with one attached hydrogen (secondary N) is 1. The van der Waals surface area contributed by atoms with Gasteiger partial charge >= 0.3 is 0 Å². The summed E-state index contributed by atoms with van der Waals surface area (Å²) in [4.78, 5) is 7.59. The van der Waals surface area contributed by atoms with Crippen molar-refractivity contribution in [3.63, 3.8) is 0 Å². The topological polar surface area (TPSA) is 31.5 Å². The monoisotopic (exact) mass is 303 g/mol. The van der Waals surface area contributed by atoms with E-state index in [1.165, 1.54) is 22.0 Å². The molecule has 1 aromatic carbocycles. The molecule has 0 unspecified atom stereocenters. The molecule has 0 spiro atoms. The molecule has 3 rings (SSSR count). The van der Waals surface area contributed by atoms with Gasteiger partial charge in [0.1, 0.15) is 5.75 Å². The number of piperazine rings is 1. The summed E-state index contributed by atoms with van der Waals surface area (Å²) in [5.74, 6) is 0.933. The zero-order chi connectivity index (χ0) is 16.6. The number of nitrogens with zero attached hydrogens (tertiary/aromatic N) is 2. The molecular weight excluding hydrogens is 283 g/mol. The van der Waals surface area contributed by atoms with Crippen LogP contribution in [0.15, 0.2) is 18.3 Å². The number of benzene rings is 1. The number of ether oxygens (including phenoxy) is 1. The minimum absolute atomic E-state index is 0.758. The van der Waals surface area contributed by atoms with E-state index in [4.69, 9.17) is 28.3 Å². The molecule has 2 aromatic rings. The van der Waals surface area contributed by atoms with E-state index >= 15 is 0 Å². The molecule has 114 valence electrons. The summed E-state index contributed by atoms with van der Waals surface area (Å²) in [5.41, 5.74) is 3.57. The van der Waals surface area contributed by atoms with Gasteiger partial charge in [0, 0.05) is 55.4 Å². The van der Waals surface area contributed by atoms with Crippen molar-refractivity contribution in [3.8, 4) is 5.75 Å². The van der Waals surface area contributed by atoms with E-state index in [1.807, 2.05) is 11.1 Å². The van der Waals surface area contributed by atoms with Crippen molar-refractivity contribution in [2.75, 3.05) is 33.3 Å². The third kappa shape index (κ3) is 3.31. The van der Waals surface area contributed by atoms with Crippen LogP contribution in [0.3, 0.4) is 0 Å². The molecule has 7 heteroatoms. The van der Waals surface area contributed by atoms with Crippen molar-refractivity contribution < 1.29 is 4.74 Å². The molecule has 6 radical (unpaired) electrons. The van der Waals surface area contributed by atoms with Gasteiger partial charge in [0.25, 0.3) is 0 Å². The summed E-state index contributed by atoms with van der Waals surface area (Å²) < 4.78 is 5.61. The smallest absolute Gasteiger partial charge is 0.124 e. The number of methoxy groups -OCH3 is 1. The van der Waals surface area contributed by atoms with Gasteiger partial charge < -0.3 is 14.6 Å². The Morgan fingerprint density at radius 2 is 1.91 bits per heavy atom. The van der Waals surface area contributed by atoms with Crippen molar-refractivity contribution in [1.82, 2.24) is 14.8 Å². The Morgan fingerprint density at radius 1 is 1.22 bits per heavy atom. The van der Waals surface area contributed by atoms with E-state index in [1.54, 1.807) is 7.11 Å². The molecule has 23 heavy (non-hydrogen) atoms. The number of H-pyrrole nitrogens is 1. The maximum absolute atomic E-state index is 5.77. The summed E-state index contributed by atoms with van der Waals surface area (Å²) >= 11 is 0. The molecule has 0 atom stereocenters. The Kier molecular flexibility index (Phi) is 4.52. The van der Waals surface area contributed by atoms with E-state index in [-0.39, 0.29) is 0 Å². The van der Waals surface area contributed by atoms with Crippen LogP contribution in [-0.4, -0.2) is 76.8 Å². The molecule has 1 aliphatic heterocycles. The zero-order valence-electron chi connectivity index (χ0n) is 13.8. The minimum Gasteiger partial charge on any atom is -0.496 e. The van der Waals surface area contributed by atoms with Crippen molar-refractivity contribution in [1.29, 1.82) is 0 Å². The molecule has 0 aliphatic carbocycles. The van der Waals surface area contributed by atoms with E-state index < -0.39 is 5.24 Å². The molecule has 2 heterocycles. The normalized spacial score (nSPS) is 17.7. The predicted molar refractivity (Wildman–Crippen MR) is 96.4 cm³/mol. The third-order valence-corrected chi connectivity index (χ3v) is 4.63. The number of fused-ring (bicyclic) bond motifs is 1. The number of hydrogen-bond acceptors (Lipinski definition) is 3. The average Bonchev–Trinajstić information content (AvgIpc) is 2.99. The van der Waals surface area contributed by atoms with Crippen LogP contribution in [0, 0.1) is 6.92 Å². The summed E-state index contributed by atoms with van der Waals surface area (Å²) in [5, 5.41) is -0.0169. The largest absolute Gasteiger partial charge is 0.496 e. The standard InChI is InChI=1S/C16H20B3N3O/c1-11-9-14(23-2)13(12-3-4-20-15(11)12)10-21-5-7-22(8-6-21)16(17,18)19/h3-4,9,20H,5-8,10H2,1-2H3. The Bertz CT molecular complexity index is 688. The highest BCUT2D eigenvalue weighted by molar-refractivity contribution is 6.59. The minimum atomic E-state index is -1.23. The second kappa shape index (κ2) is 6.29. The van der Waals surface area contributed by atoms with Gasteiger partial charge in [-0.25, -0.2) is 0 Å². The van der Waals surface area contributed by atoms with Crippen molar-refractivity contribution in [3.05, 3.63) is 29.5 Å². The predicted octanol–water partition coefficient (Wildman–Crippen LogP) is 0.719. The van der Waals surface area contributed by atoms with Crippen LogP contribution < -0.4 is 4.74 Å². The first-order valence-corrected chi connectivity index (χ1v) is 7.87. The lowest BCUT2D eigenvalue weighted by molar-refractivity contribution is 0.124. The fourth-order valence-corrected chi connectivity index (χ4v) is 3.30. The van der Waals surface area contributed by atoms with Gasteiger partial charge in [0.2, 0.25) is 0 Å². The SMILES string of the molecule is [B]C([B])([B])N1CCN(Cc2c(OC)cc(C)c3[nH]ccc23)CC1. The number of aryl methyl sites for hydroxylation is 1. The van der Waals surface area contributed by atoms with Crippen molar-refractivity contribution in [2.45, 2.75) is 18.7 Å². The molecule has 1 saturated heterocycles. The summed E-state index contributed by atoms with van der Waals surface area (Å²) in [7, 11) is 19.0. The first kappa shape index (κ1) is 16.5. The second-order valence-electron chi connectivity index (χ2n) is 6.29. The molecule has 0 amide bonds. The van der Waals surface area contributed by atoms with E-state index in [9.17, 15) is 0 Å². The maximum Gasteiger partial charge on any atom is 0.124 e. The lowest BCUT2D eigenvalue weighted by atomic mass is 9.48. The summed E-state index contributed by atoms with van der Waals surface area (Å²) in [6, 6.07) is 4.20. The van der Waals surface area contributed by atoms with Crippen LogP contribution in [0.2, 0.25) is 0 Å². The molecule has 1 N–H and O–H groups in total. The fourth-order valence-electron chi connectivity index (χ4n) is 3.30. The lowest BCUT2D eigenvalue weighted by Crippen LogP contribution is -2.58. The first-order valence-electron chi connectivity index (χ1n) is 7.87. The Morgan fingerprint density at radius 3 is 2.52 bits per heavy atom. The molecule has 4 nitrogen and oxygen atoms in total. The Balaban J connectivity index is 1.80. The van der Waals surface area contributed by atoms with E-state index in [0.717, 1.165) is 38.5 Å². The van der Waals surface area contributed by atoms with Crippen LogP contribution in [0.25, 0.3) is 10.9 Å². The third-order valence-electron chi connectivity index (χ3n) is 4.63. The maximum atomic E-state index is 5.77. The van der Waals surface area contributed by atoms with Gasteiger partial charge in [-0.2, -0.15) is 0 Å². The van der Waals surface area contributed by atoms with Crippen LogP contribution in [0.5, 0.6) is 5.75 Å². The molecule has 1 fully saturated rings. The van der Waals surface area contributed by atoms with Crippen LogP contribution in [0.4, 0.5) is 0 Å². The highest BCUT2D eigenvalue weighted by Gasteiger charge is 2.25. The molecule has 0 saturated carbocycles. The van der Waals surface area contributed by atoms with Gasteiger partial charge in [0.15, 0.2) is 0 Å². The molecular formula is C16H20B3N3O. The van der Waals surface area contributed by atoms with E-state index in [0.29, 0.717) is 0 Å². The van der Waals surface area contributed by atoms with E-state index in [2.05, 4.69) is 28.9 Å². The Labute approximate surface area is 141 Å².